The van der Waals surface area contributed by atoms with Crippen molar-refractivity contribution in [1.82, 2.24) is 14.8 Å². The van der Waals surface area contributed by atoms with Gasteiger partial charge in [-0.3, -0.25) is 14.4 Å². The largest absolute Gasteiger partial charge is 0.497 e. The molecule has 30 heavy (non-hydrogen) atoms. The molecule has 0 bridgehead atoms. The highest BCUT2D eigenvalue weighted by Crippen LogP contribution is 2.15. The van der Waals surface area contributed by atoms with Crippen LogP contribution in [0.1, 0.15) is 66.9 Å². The lowest BCUT2D eigenvalue weighted by molar-refractivity contribution is 0.0782. The third-order valence-corrected chi connectivity index (χ3v) is 4.51. The van der Waals surface area contributed by atoms with Crippen LogP contribution in [0.3, 0.4) is 0 Å². The lowest BCUT2D eigenvalue weighted by Crippen LogP contribution is -2.43. The van der Waals surface area contributed by atoms with E-state index in [0.29, 0.717) is 12.3 Å². The van der Waals surface area contributed by atoms with E-state index in [9.17, 15) is 14.4 Å². The van der Waals surface area contributed by atoms with Crippen molar-refractivity contribution in [2.75, 3.05) is 14.2 Å². The van der Waals surface area contributed by atoms with E-state index in [0.717, 1.165) is 5.56 Å². The van der Waals surface area contributed by atoms with Crippen LogP contribution in [0, 0.1) is 0 Å². The van der Waals surface area contributed by atoms with Crippen LogP contribution >= 0.6 is 0 Å². The summed E-state index contributed by atoms with van der Waals surface area (Å²) in [6.45, 7) is 9.65. The summed E-state index contributed by atoms with van der Waals surface area (Å²) in [5.41, 5.74) is -0.280. The number of nitrogens with one attached hydrogen (secondary N) is 1. The van der Waals surface area contributed by atoms with E-state index in [4.69, 9.17) is 4.74 Å². The zero-order valence-corrected chi connectivity index (χ0v) is 18.8. The van der Waals surface area contributed by atoms with Crippen LogP contribution in [0.5, 0.6) is 5.75 Å². The lowest BCUT2D eigenvalue weighted by atomic mass is 10.1. The number of rotatable bonds is 6. The summed E-state index contributed by atoms with van der Waals surface area (Å²) >= 11 is 0. The Hall–Kier alpha value is -3.09. The van der Waals surface area contributed by atoms with Gasteiger partial charge in [-0.15, -0.1) is 0 Å². The summed E-state index contributed by atoms with van der Waals surface area (Å²) in [5, 5.41) is 2.80. The zero-order chi connectivity index (χ0) is 22.6. The Labute approximate surface area is 177 Å². The normalized spacial score (nSPS) is 11.3. The molecule has 1 heterocycles. The minimum Gasteiger partial charge on any atom is -0.497 e. The van der Waals surface area contributed by atoms with E-state index >= 15 is 0 Å². The van der Waals surface area contributed by atoms with Crippen LogP contribution in [0.25, 0.3) is 0 Å². The molecule has 2 aromatic rings. The number of hydrogen-bond acceptors (Lipinski definition) is 4. The fourth-order valence-electron chi connectivity index (χ4n) is 2.94. The molecular formula is C23H31N3O4. The smallest absolute Gasteiger partial charge is 0.259 e. The first-order valence-electron chi connectivity index (χ1n) is 9.89. The summed E-state index contributed by atoms with van der Waals surface area (Å²) < 4.78 is 6.94. The minimum atomic E-state index is -0.573. The van der Waals surface area contributed by atoms with Gasteiger partial charge in [0.25, 0.3) is 11.8 Å². The Balaban J connectivity index is 2.42. The summed E-state index contributed by atoms with van der Waals surface area (Å²) in [6.07, 6.45) is 3.03. The second kappa shape index (κ2) is 9.15. The molecule has 1 aromatic heterocycles. The second-order valence-corrected chi connectivity index (χ2v) is 8.67. The first kappa shape index (κ1) is 23.2. The van der Waals surface area contributed by atoms with Gasteiger partial charge in [-0.2, -0.15) is 0 Å². The van der Waals surface area contributed by atoms with E-state index in [1.54, 1.807) is 18.7 Å². The molecule has 0 saturated heterocycles. The molecule has 162 valence electrons. The monoisotopic (exact) mass is 413 g/mol. The quantitative estimate of drug-likeness (QED) is 0.788. The maximum atomic E-state index is 13.1. The van der Waals surface area contributed by atoms with Gasteiger partial charge in [-0.05, 0) is 52.3 Å². The van der Waals surface area contributed by atoms with Crippen LogP contribution in [-0.4, -0.2) is 41.0 Å². The van der Waals surface area contributed by atoms with Crippen LogP contribution in [-0.2, 0) is 6.54 Å². The maximum Gasteiger partial charge on any atom is 0.259 e. The van der Waals surface area contributed by atoms with Gasteiger partial charge in [-0.1, -0.05) is 12.1 Å². The van der Waals surface area contributed by atoms with Gasteiger partial charge < -0.3 is 19.5 Å². The molecule has 2 rings (SSSR count). The van der Waals surface area contributed by atoms with Gasteiger partial charge in [0, 0.05) is 37.6 Å². The van der Waals surface area contributed by atoms with Crippen molar-refractivity contribution < 1.29 is 14.3 Å². The third-order valence-electron chi connectivity index (χ3n) is 4.51. The van der Waals surface area contributed by atoms with Crippen LogP contribution in [0.4, 0.5) is 0 Å². The molecule has 0 fully saturated rings. The Kier molecular flexibility index (Phi) is 7.08. The first-order valence-corrected chi connectivity index (χ1v) is 9.89. The minimum absolute atomic E-state index is 0.0259. The highest BCUT2D eigenvalue weighted by molar-refractivity contribution is 5.99. The van der Waals surface area contributed by atoms with Crippen LogP contribution < -0.4 is 15.5 Å². The van der Waals surface area contributed by atoms with Crippen LogP contribution in [0.2, 0.25) is 0 Å². The van der Waals surface area contributed by atoms with Crippen molar-refractivity contribution >= 4 is 11.8 Å². The van der Waals surface area contributed by atoms with E-state index in [1.165, 1.54) is 17.3 Å². The number of aromatic nitrogens is 1. The van der Waals surface area contributed by atoms with Gasteiger partial charge in [0.1, 0.15) is 16.9 Å². The first-order chi connectivity index (χ1) is 13.9. The lowest BCUT2D eigenvalue weighted by Gasteiger charge is -2.22. The molecule has 0 radical (unpaired) electrons. The second-order valence-electron chi connectivity index (χ2n) is 8.67. The van der Waals surface area contributed by atoms with E-state index in [1.807, 2.05) is 58.9 Å². The van der Waals surface area contributed by atoms with Gasteiger partial charge >= 0.3 is 0 Å². The van der Waals surface area contributed by atoms with E-state index < -0.39 is 22.8 Å². The fraction of sp³-hybridized carbons (Fsp3) is 0.435. The van der Waals surface area contributed by atoms with Gasteiger partial charge in [0.2, 0.25) is 5.43 Å². The van der Waals surface area contributed by atoms with Crippen molar-refractivity contribution in [2.45, 2.75) is 52.7 Å². The van der Waals surface area contributed by atoms with Crippen LogP contribution in [0.15, 0.2) is 41.5 Å². The number of carbonyl (C=O) groups excluding carboxylic acids is 2. The molecule has 0 atom stereocenters. The number of methoxy groups -OCH3 is 1. The van der Waals surface area contributed by atoms with Gasteiger partial charge in [0.05, 0.1) is 7.11 Å². The summed E-state index contributed by atoms with van der Waals surface area (Å²) in [7, 11) is 3.21. The maximum absolute atomic E-state index is 13.1. The van der Waals surface area contributed by atoms with Gasteiger partial charge in [0.15, 0.2) is 0 Å². The predicted molar refractivity (Wildman–Crippen MR) is 117 cm³/mol. The summed E-state index contributed by atoms with van der Waals surface area (Å²) in [4.78, 5) is 40.3. The molecule has 1 N–H and O–H groups in total. The van der Waals surface area contributed by atoms with E-state index in [-0.39, 0.29) is 17.2 Å². The average molecular weight is 414 g/mol. The van der Waals surface area contributed by atoms with Gasteiger partial charge in [-0.25, -0.2) is 0 Å². The highest BCUT2D eigenvalue weighted by atomic mass is 16.5. The molecule has 7 nitrogen and oxygen atoms in total. The Morgan fingerprint density at radius 1 is 1.17 bits per heavy atom. The van der Waals surface area contributed by atoms with Crippen molar-refractivity contribution in [3.8, 4) is 5.75 Å². The SMILES string of the molecule is COc1cccc(CN(C)C(=O)c2cn(C(C)C)cc(C(=O)NC(C)(C)C)c2=O)c1. The standard InChI is InChI=1S/C23H31N3O4/c1-15(2)26-13-18(21(28)24-23(3,4)5)20(27)19(14-26)22(29)25(6)12-16-9-8-10-17(11-16)30-7/h8-11,13-15H,12H2,1-7H3,(H,24,28). The highest BCUT2D eigenvalue weighted by Gasteiger charge is 2.24. The molecule has 0 unspecified atom stereocenters. The number of amides is 2. The number of carbonyl (C=O) groups is 2. The number of ether oxygens (including phenoxy) is 1. The number of hydrogen-bond donors (Lipinski definition) is 1. The predicted octanol–water partition coefficient (Wildman–Crippen LogP) is 3.24. The number of benzene rings is 1. The number of nitrogens with zero attached hydrogens (tertiary/aromatic N) is 2. The molecule has 1 aromatic carbocycles. The third kappa shape index (κ3) is 5.72. The van der Waals surface area contributed by atoms with E-state index in [2.05, 4.69) is 5.32 Å². The molecular weight excluding hydrogens is 382 g/mol. The Morgan fingerprint density at radius 3 is 2.37 bits per heavy atom. The van der Waals surface area contributed by atoms with Crippen molar-refractivity contribution in [3.05, 3.63) is 63.6 Å². The zero-order valence-electron chi connectivity index (χ0n) is 18.8. The topological polar surface area (TPSA) is 80.6 Å². The van der Waals surface area contributed by atoms with Crippen molar-refractivity contribution in [3.63, 3.8) is 0 Å². The summed E-state index contributed by atoms with van der Waals surface area (Å²) in [5.74, 6) is -0.244. The van der Waals surface area contributed by atoms with Crippen molar-refractivity contribution in [1.29, 1.82) is 0 Å². The molecule has 0 spiro atoms. The fourth-order valence-corrected chi connectivity index (χ4v) is 2.94. The molecule has 7 heteroatoms. The van der Waals surface area contributed by atoms with Crippen molar-refractivity contribution in [2.24, 2.45) is 0 Å². The summed E-state index contributed by atoms with van der Waals surface area (Å²) in [6, 6.07) is 7.36. The molecule has 2 amide bonds. The Bertz CT molecular complexity index is 987. The Morgan fingerprint density at radius 2 is 1.80 bits per heavy atom. The number of pyridine rings is 1. The molecule has 0 aliphatic rings. The average Bonchev–Trinajstić information content (AvgIpc) is 2.66. The molecule has 0 saturated carbocycles. The molecule has 0 aliphatic heterocycles. The molecule has 0 aliphatic carbocycles.